The topological polar surface area (TPSA) is 85.9 Å². The molecule has 1 amide bonds. The summed E-state index contributed by atoms with van der Waals surface area (Å²) < 4.78 is 10.8. The van der Waals surface area contributed by atoms with Crippen LogP contribution in [0.25, 0.3) is 0 Å². The van der Waals surface area contributed by atoms with E-state index in [2.05, 4.69) is 10.3 Å². The second-order valence-corrected chi connectivity index (χ2v) is 8.30. The smallest absolute Gasteiger partial charge is 0.408 e. The van der Waals surface area contributed by atoms with Gasteiger partial charge in [0.15, 0.2) is 5.17 Å². The zero-order valence-electron chi connectivity index (χ0n) is 16.1. The van der Waals surface area contributed by atoms with Gasteiger partial charge < -0.3 is 20.5 Å². The first-order valence-electron chi connectivity index (χ1n) is 8.15. The van der Waals surface area contributed by atoms with Crippen LogP contribution in [0.3, 0.4) is 0 Å². The van der Waals surface area contributed by atoms with Gasteiger partial charge in [0.05, 0.1) is 18.3 Å². The highest BCUT2D eigenvalue weighted by molar-refractivity contribution is 8.13. The van der Waals surface area contributed by atoms with Crippen molar-refractivity contribution in [1.29, 1.82) is 0 Å². The first-order chi connectivity index (χ1) is 11.5. The van der Waals surface area contributed by atoms with Gasteiger partial charge in [-0.15, -0.1) is 0 Å². The molecule has 1 aromatic rings. The van der Waals surface area contributed by atoms with Gasteiger partial charge in [-0.25, -0.2) is 9.79 Å². The summed E-state index contributed by atoms with van der Waals surface area (Å²) in [6.45, 7) is 11.2. The molecule has 1 aromatic carbocycles. The molecule has 0 unspecified atom stereocenters. The number of nitrogens with one attached hydrogen (secondary N) is 1. The molecule has 0 saturated heterocycles. The molecule has 0 heterocycles. The van der Waals surface area contributed by atoms with Crippen LogP contribution in [0, 0.1) is 0 Å². The molecule has 0 aromatic heterocycles. The van der Waals surface area contributed by atoms with E-state index in [0.717, 1.165) is 11.3 Å². The van der Waals surface area contributed by atoms with E-state index in [9.17, 15) is 4.79 Å². The van der Waals surface area contributed by atoms with Crippen molar-refractivity contribution in [2.75, 3.05) is 12.9 Å². The molecule has 0 fully saturated rings. The molecule has 0 spiro atoms. The number of hydrogen-bond acceptors (Lipinski definition) is 5. The maximum absolute atomic E-state index is 12.2. The Morgan fingerprint density at radius 1 is 1.28 bits per heavy atom. The van der Waals surface area contributed by atoms with Crippen LogP contribution in [-0.2, 0) is 10.3 Å². The second-order valence-electron chi connectivity index (χ2n) is 7.02. The Balaban J connectivity index is 3.14. The van der Waals surface area contributed by atoms with Gasteiger partial charge in [0, 0.05) is 5.56 Å². The number of ether oxygens (including phenoxy) is 2. The number of amides is 1. The lowest BCUT2D eigenvalue weighted by molar-refractivity contribution is 0.0469. The van der Waals surface area contributed by atoms with Crippen molar-refractivity contribution in [2.45, 2.75) is 52.7 Å². The fourth-order valence-corrected chi connectivity index (χ4v) is 2.65. The van der Waals surface area contributed by atoms with Crippen molar-refractivity contribution in [1.82, 2.24) is 5.32 Å². The summed E-state index contributed by atoms with van der Waals surface area (Å²) in [4.78, 5) is 16.6. The quantitative estimate of drug-likeness (QED) is 0.603. The van der Waals surface area contributed by atoms with Crippen LogP contribution in [0.2, 0.25) is 0 Å². The summed E-state index contributed by atoms with van der Waals surface area (Å²) >= 11 is 1.47. The minimum atomic E-state index is -0.716. The van der Waals surface area contributed by atoms with Crippen LogP contribution < -0.4 is 15.8 Å². The standard InChI is InChI=1S/C18H29N3O3S/c1-8-25-15(19)20-12-9-10-14(23-7)13(11-12)18(5,6)21-16(22)24-17(2,3)4/h9-11H,8H2,1-7H3,(H2,19,20)(H,21,22). The van der Waals surface area contributed by atoms with E-state index in [0.29, 0.717) is 16.6 Å². The van der Waals surface area contributed by atoms with E-state index in [1.807, 2.05) is 59.7 Å². The largest absolute Gasteiger partial charge is 0.496 e. The lowest BCUT2D eigenvalue weighted by Gasteiger charge is -2.30. The van der Waals surface area contributed by atoms with Crippen LogP contribution in [0.4, 0.5) is 10.5 Å². The lowest BCUT2D eigenvalue weighted by atomic mass is 9.93. The van der Waals surface area contributed by atoms with Crippen molar-refractivity contribution < 1.29 is 14.3 Å². The highest BCUT2D eigenvalue weighted by Crippen LogP contribution is 2.33. The summed E-state index contributed by atoms with van der Waals surface area (Å²) in [5.74, 6) is 1.51. The molecule has 0 saturated carbocycles. The molecule has 0 aliphatic rings. The van der Waals surface area contributed by atoms with Gasteiger partial charge in [-0.1, -0.05) is 18.7 Å². The summed E-state index contributed by atoms with van der Waals surface area (Å²) in [6, 6.07) is 5.50. The first-order valence-corrected chi connectivity index (χ1v) is 9.13. The molecule has 6 nitrogen and oxygen atoms in total. The Bertz CT molecular complexity index is 637. The van der Waals surface area contributed by atoms with Crippen LogP contribution >= 0.6 is 11.8 Å². The third-order valence-electron chi connectivity index (χ3n) is 3.20. The van der Waals surface area contributed by atoms with E-state index >= 15 is 0 Å². The molecule has 0 radical (unpaired) electrons. The maximum Gasteiger partial charge on any atom is 0.408 e. The Morgan fingerprint density at radius 2 is 1.92 bits per heavy atom. The fourth-order valence-electron chi connectivity index (χ4n) is 2.19. The number of nitrogens with zero attached hydrogens (tertiary/aromatic N) is 1. The maximum atomic E-state index is 12.2. The number of carbonyl (C=O) groups is 1. The first kappa shape index (κ1) is 21.2. The van der Waals surface area contributed by atoms with Gasteiger partial charge in [0.25, 0.3) is 0 Å². The zero-order valence-corrected chi connectivity index (χ0v) is 16.9. The molecule has 7 heteroatoms. The Labute approximate surface area is 154 Å². The zero-order chi connectivity index (χ0) is 19.3. The van der Waals surface area contributed by atoms with E-state index in [4.69, 9.17) is 15.2 Å². The monoisotopic (exact) mass is 367 g/mol. The minimum Gasteiger partial charge on any atom is -0.496 e. The number of methoxy groups -OCH3 is 1. The van der Waals surface area contributed by atoms with Crippen molar-refractivity contribution in [2.24, 2.45) is 10.7 Å². The van der Waals surface area contributed by atoms with Gasteiger partial charge in [-0.05, 0) is 58.6 Å². The number of hydrogen-bond donors (Lipinski definition) is 2. The molecule has 0 atom stereocenters. The number of benzene rings is 1. The minimum absolute atomic E-state index is 0.491. The van der Waals surface area contributed by atoms with E-state index < -0.39 is 17.2 Å². The van der Waals surface area contributed by atoms with Gasteiger partial charge >= 0.3 is 6.09 Å². The summed E-state index contributed by atoms with van der Waals surface area (Å²) in [7, 11) is 1.59. The van der Waals surface area contributed by atoms with Crippen molar-refractivity contribution in [3.05, 3.63) is 23.8 Å². The Hall–Kier alpha value is -1.89. The van der Waals surface area contributed by atoms with Crippen LogP contribution in [0.1, 0.15) is 47.1 Å². The van der Waals surface area contributed by atoms with Gasteiger partial charge in [0.2, 0.25) is 0 Å². The van der Waals surface area contributed by atoms with Gasteiger partial charge in [-0.2, -0.15) is 0 Å². The molecule has 140 valence electrons. The highest BCUT2D eigenvalue weighted by atomic mass is 32.2. The third kappa shape index (κ3) is 6.86. The average Bonchev–Trinajstić information content (AvgIpc) is 2.44. The highest BCUT2D eigenvalue weighted by Gasteiger charge is 2.29. The second kappa shape index (κ2) is 8.47. The molecular weight excluding hydrogens is 338 g/mol. The van der Waals surface area contributed by atoms with Gasteiger partial charge in [0.1, 0.15) is 11.4 Å². The number of nitrogens with two attached hydrogens (primary N) is 1. The van der Waals surface area contributed by atoms with E-state index in [-0.39, 0.29) is 0 Å². The molecule has 0 aliphatic carbocycles. The number of aliphatic imine (C=N–C) groups is 1. The molecule has 1 rings (SSSR count). The summed E-state index contributed by atoms with van der Waals surface area (Å²) in [5, 5.41) is 3.38. The number of carbonyl (C=O) groups excluding carboxylic acids is 1. The predicted octanol–water partition coefficient (Wildman–Crippen LogP) is 4.15. The summed E-state index contributed by atoms with van der Waals surface area (Å²) in [6.07, 6.45) is -0.491. The lowest BCUT2D eigenvalue weighted by Crippen LogP contribution is -2.44. The fraction of sp³-hybridized carbons (Fsp3) is 0.556. The predicted molar refractivity (Wildman–Crippen MR) is 105 cm³/mol. The van der Waals surface area contributed by atoms with E-state index in [1.165, 1.54) is 11.8 Å². The molecule has 25 heavy (non-hydrogen) atoms. The summed E-state index contributed by atoms with van der Waals surface area (Å²) in [5.41, 5.74) is 6.09. The number of alkyl carbamates (subject to hydrolysis) is 1. The number of rotatable bonds is 5. The Morgan fingerprint density at radius 3 is 2.44 bits per heavy atom. The third-order valence-corrected chi connectivity index (χ3v) is 3.88. The number of amidine groups is 1. The SMILES string of the molecule is CCSC(N)=Nc1ccc(OC)c(C(C)(C)NC(=O)OC(C)(C)C)c1. The van der Waals surface area contributed by atoms with Crippen molar-refractivity contribution >= 4 is 28.7 Å². The van der Waals surface area contributed by atoms with Crippen molar-refractivity contribution in [3.63, 3.8) is 0 Å². The van der Waals surface area contributed by atoms with Crippen LogP contribution in [-0.4, -0.2) is 29.7 Å². The van der Waals surface area contributed by atoms with Crippen LogP contribution in [0.5, 0.6) is 5.75 Å². The molecule has 3 N–H and O–H groups in total. The molecule has 0 bridgehead atoms. The molecular formula is C18H29N3O3S. The van der Waals surface area contributed by atoms with Crippen molar-refractivity contribution in [3.8, 4) is 5.75 Å². The number of thioether (sulfide) groups is 1. The van der Waals surface area contributed by atoms with Gasteiger partial charge in [-0.3, -0.25) is 0 Å². The Kier molecular flexibility index (Phi) is 7.17. The molecule has 0 aliphatic heterocycles. The average molecular weight is 368 g/mol. The van der Waals surface area contributed by atoms with E-state index in [1.54, 1.807) is 7.11 Å². The van der Waals surface area contributed by atoms with Crippen LogP contribution in [0.15, 0.2) is 23.2 Å². The normalized spacial score (nSPS) is 12.7.